The summed E-state index contributed by atoms with van der Waals surface area (Å²) in [5.74, 6) is -1.43. The molecule has 2 rings (SSSR count). The van der Waals surface area contributed by atoms with Gasteiger partial charge in [-0.15, -0.1) is 0 Å². The first-order valence-electron chi connectivity index (χ1n) is 5.20. The van der Waals surface area contributed by atoms with E-state index in [4.69, 9.17) is 5.26 Å². The first kappa shape index (κ1) is 12.0. The third kappa shape index (κ3) is 2.13. The standard InChI is InChI=1S/C13H9F2N3/c1-17-13-9(7-16)3-5-12(18-13)8-2-4-10(14)11(15)6-8/h2-6H,1H3,(H,17,18). The molecule has 5 heteroatoms. The molecule has 0 unspecified atom stereocenters. The molecule has 1 heterocycles. The van der Waals surface area contributed by atoms with E-state index in [0.717, 1.165) is 12.1 Å². The lowest BCUT2D eigenvalue weighted by molar-refractivity contribution is 0.509. The number of pyridine rings is 1. The molecule has 0 atom stereocenters. The molecular formula is C13H9F2N3. The lowest BCUT2D eigenvalue weighted by Gasteiger charge is -2.06. The topological polar surface area (TPSA) is 48.7 Å². The van der Waals surface area contributed by atoms with Crippen molar-refractivity contribution in [1.82, 2.24) is 4.98 Å². The van der Waals surface area contributed by atoms with Gasteiger partial charge >= 0.3 is 0 Å². The average molecular weight is 245 g/mol. The van der Waals surface area contributed by atoms with Crippen molar-refractivity contribution >= 4 is 5.82 Å². The van der Waals surface area contributed by atoms with Gasteiger partial charge in [0.25, 0.3) is 0 Å². The van der Waals surface area contributed by atoms with Crippen LogP contribution in [0.15, 0.2) is 30.3 Å². The van der Waals surface area contributed by atoms with Crippen molar-refractivity contribution in [3.8, 4) is 17.3 Å². The summed E-state index contributed by atoms with van der Waals surface area (Å²) in [6.07, 6.45) is 0. The quantitative estimate of drug-likeness (QED) is 0.884. The number of nitrogens with one attached hydrogen (secondary N) is 1. The Morgan fingerprint density at radius 2 is 1.94 bits per heavy atom. The molecule has 0 aliphatic carbocycles. The Balaban J connectivity index is 2.51. The number of aromatic nitrogens is 1. The number of halogens is 2. The first-order valence-corrected chi connectivity index (χ1v) is 5.20. The van der Waals surface area contributed by atoms with Gasteiger partial charge in [0.15, 0.2) is 11.6 Å². The van der Waals surface area contributed by atoms with Gasteiger partial charge in [-0.3, -0.25) is 0 Å². The lowest BCUT2D eigenvalue weighted by Crippen LogP contribution is -1.97. The maximum absolute atomic E-state index is 13.1. The fourth-order valence-electron chi connectivity index (χ4n) is 1.56. The Labute approximate surface area is 103 Å². The molecule has 0 fully saturated rings. The van der Waals surface area contributed by atoms with Crippen molar-refractivity contribution in [2.45, 2.75) is 0 Å². The molecule has 18 heavy (non-hydrogen) atoms. The molecule has 0 amide bonds. The molecule has 0 radical (unpaired) electrons. The lowest BCUT2D eigenvalue weighted by atomic mass is 10.1. The van der Waals surface area contributed by atoms with Crippen LogP contribution >= 0.6 is 0 Å². The molecule has 0 aliphatic rings. The fraction of sp³-hybridized carbons (Fsp3) is 0.0769. The van der Waals surface area contributed by atoms with Crippen LogP contribution in [0.5, 0.6) is 0 Å². The second-order valence-electron chi connectivity index (χ2n) is 3.58. The van der Waals surface area contributed by atoms with E-state index in [-0.39, 0.29) is 0 Å². The van der Waals surface area contributed by atoms with Crippen LogP contribution in [0.3, 0.4) is 0 Å². The van der Waals surface area contributed by atoms with E-state index in [1.807, 2.05) is 6.07 Å². The molecule has 3 nitrogen and oxygen atoms in total. The molecule has 1 aromatic heterocycles. The Morgan fingerprint density at radius 1 is 1.17 bits per heavy atom. The van der Waals surface area contributed by atoms with Crippen LogP contribution in [0.2, 0.25) is 0 Å². The Morgan fingerprint density at radius 3 is 2.56 bits per heavy atom. The predicted octanol–water partition coefficient (Wildman–Crippen LogP) is 2.94. The van der Waals surface area contributed by atoms with Crippen LogP contribution in [-0.2, 0) is 0 Å². The van der Waals surface area contributed by atoms with Gasteiger partial charge in [0.1, 0.15) is 11.9 Å². The molecule has 0 spiro atoms. The summed E-state index contributed by atoms with van der Waals surface area (Å²) in [4.78, 5) is 4.18. The number of rotatable bonds is 2. The fourth-order valence-corrected chi connectivity index (χ4v) is 1.56. The largest absolute Gasteiger partial charge is 0.372 e. The van der Waals surface area contributed by atoms with Crippen molar-refractivity contribution in [2.24, 2.45) is 0 Å². The summed E-state index contributed by atoms with van der Waals surface area (Å²) in [6.45, 7) is 0. The van der Waals surface area contributed by atoms with Crippen LogP contribution in [0.1, 0.15) is 5.56 Å². The Hall–Kier alpha value is -2.48. The second kappa shape index (κ2) is 4.80. The van der Waals surface area contributed by atoms with E-state index in [1.54, 1.807) is 19.2 Å². The molecule has 0 saturated heterocycles. The smallest absolute Gasteiger partial charge is 0.159 e. The van der Waals surface area contributed by atoms with E-state index < -0.39 is 11.6 Å². The monoisotopic (exact) mass is 245 g/mol. The normalized spacial score (nSPS) is 9.89. The van der Waals surface area contributed by atoms with Gasteiger partial charge in [0, 0.05) is 12.6 Å². The van der Waals surface area contributed by atoms with Crippen LogP contribution < -0.4 is 5.32 Å². The van der Waals surface area contributed by atoms with E-state index in [1.165, 1.54) is 6.07 Å². The predicted molar refractivity (Wildman–Crippen MR) is 63.9 cm³/mol. The highest BCUT2D eigenvalue weighted by atomic mass is 19.2. The zero-order valence-corrected chi connectivity index (χ0v) is 9.54. The highest BCUT2D eigenvalue weighted by Gasteiger charge is 2.08. The van der Waals surface area contributed by atoms with E-state index in [2.05, 4.69) is 10.3 Å². The van der Waals surface area contributed by atoms with Gasteiger partial charge in [-0.25, -0.2) is 13.8 Å². The van der Waals surface area contributed by atoms with E-state index in [9.17, 15) is 8.78 Å². The van der Waals surface area contributed by atoms with Crippen molar-refractivity contribution in [3.63, 3.8) is 0 Å². The minimum atomic E-state index is -0.926. The van der Waals surface area contributed by atoms with E-state index in [0.29, 0.717) is 22.6 Å². The maximum Gasteiger partial charge on any atom is 0.159 e. The number of nitrogens with zero attached hydrogens (tertiary/aromatic N) is 2. The van der Waals surface area contributed by atoms with Gasteiger partial charge in [-0.2, -0.15) is 5.26 Å². The average Bonchev–Trinajstić information content (AvgIpc) is 2.41. The highest BCUT2D eigenvalue weighted by Crippen LogP contribution is 2.22. The second-order valence-corrected chi connectivity index (χ2v) is 3.58. The molecule has 0 aliphatic heterocycles. The van der Waals surface area contributed by atoms with Gasteiger partial charge in [0.2, 0.25) is 0 Å². The molecule has 2 aromatic rings. The molecule has 90 valence electrons. The molecule has 1 aromatic carbocycles. The number of benzene rings is 1. The molecular weight excluding hydrogens is 236 g/mol. The van der Waals surface area contributed by atoms with Crippen molar-refractivity contribution < 1.29 is 8.78 Å². The van der Waals surface area contributed by atoms with Crippen LogP contribution in [0.4, 0.5) is 14.6 Å². The van der Waals surface area contributed by atoms with Crippen molar-refractivity contribution in [3.05, 3.63) is 47.5 Å². The number of nitriles is 1. The molecule has 0 bridgehead atoms. The number of anilines is 1. The Bertz CT molecular complexity index is 633. The van der Waals surface area contributed by atoms with Crippen LogP contribution in [0.25, 0.3) is 11.3 Å². The summed E-state index contributed by atoms with van der Waals surface area (Å²) >= 11 is 0. The minimum absolute atomic E-state index is 0.392. The summed E-state index contributed by atoms with van der Waals surface area (Å²) in [5.41, 5.74) is 1.32. The summed E-state index contributed by atoms with van der Waals surface area (Å²) in [5, 5.41) is 11.6. The van der Waals surface area contributed by atoms with Gasteiger partial charge in [-0.05, 0) is 30.3 Å². The van der Waals surface area contributed by atoms with Gasteiger partial charge in [0.05, 0.1) is 11.3 Å². The zero-order chi connectivity index (χ0) is 13.1. The van der Waals surface area contributed by atoms with Crippen molar-refractivity contribution in [2.75, 3.05) is 12.4 Å². The Kier molecular flexibility index (Phi) is 3.20. The SMILES string of the molecule is CNc1nc(-c2ccc(F)c(F)c2)ccc1C#N. The van der Waals surface area contributed by atoms with E-state index >= 15 is 0 Å². The maximum atomic E-state index is 13.1. The number of hydrogen-bond acceptors (Lipinski definition) is 3. The third-order valence-corrected chi connectivity index (χ3v) is 2.47. The third-order valence-electron chi connectivity index (χ3n) is 2.47. The zero-order valence-electron chi connectivity index (χ0n) is 9.54. The highest BCUT2D eigenvalue weighted by molar-refractivity contribution is 5.64. The van der Waals surface area contributed by atoms with Gasteiger partial charge < -0.3 is 5.32 Å². The van der Waals surface area contributed by atoms with Crippen molar-refractivity contribution in [1.29, 1.82) is 5.26 Å². The molecule has 1 N–H and O–H groups in total. The van der Waals surface area contributed by atoms with Gasteiger partial charge in [-0.1, -0.05) is 0 Å². The van der Waals surface area contributed by atoms with Crippen LogP contribution in [0, 0.1) is 23.0 Å². The van der Waals surface area contributed by atoms with Crippen LogP contribution in [-0.4, -0.2) is 12.0 Å². The summed E-state index contributed by atoms with van der Waals surface area (Å²) in [7, 11) is 1.64. The number of hydrogen-bond donors (Lipinski definition) is 1. The minimum Gasteiger partial charge on any atom is -0.372 e. The summed E-state index contributed by atoms with van der Waals surface area (Å²) in [6, 6.07) is 8.71. The first-order chi connectivity index (χ1) is 8.65. The summed E-state index contributed by atoms with van der Waals surface area (Å²) < 4.78 is 25.9. The molecule has 0 saturated carbocycles.